The Balaban J connectivity index is 2.11. The van der Waals surface area contributed by atoms with Crippen molar-refractivity contribution in [2.24, 2.45) is 0 Å². The molecule has 1 atom stereocenters. The summed E-state index contributed by atoms with van der Waals surface area (Å²) in [6.07, 6.45) is 0. The molecule has 0 bridgehead atoms. The third kappa shape index (κ3) is 3.39. The van der Waals surface area contributed by atoms with E-state index >= 15 is 0 Å². The summed E-state index contributed by atoms with van der Waals surface area (Å²) < 4.78 is 29.1. The molecule has 2 aromatic rings. The van der Waals surface area contributed by atoms with Gasteiger partial charge in [0.2, 0.25) is 10.0 Å². The zero-order valence-corrected chi connectivity index (χ0v) is 14.5. The fourth-order valence-electron chi connectivity index (χ4n) is 2.29. The Morgan fingerprint density at radius 3 is 2.23 bits per heavy atom. The maximum absolute atomic E-state index is 12.3. The molecule has 0 saturated carbocycles. The molecule has 1 heterocycles. The lowest BCUT2D eigenvalue weighted by Gasteiger charge is -2.15. The Hall–Kier alpha value is -1.66. The largest absolute Gasteiger partial charge is 0.265 e. The summed E-state index contributed by atoms with van der Waals surface area (Å²) in [6.45, 7) is 10.2. The number of rotatable bonds is 5. The summed E-state index contributed by atoms with van der Waals surface area (Å²) in [5.41, 5.74) is 4.23. The molecule has 1 aromatic carbocycles. The molecule has 0 spiro atoms. The summed E-state index contributed by atoms with van der Waals surface area (Å²) in [7, 11) is -3.49. The van der Waals surface area contributed by atoms with Crippen LogP contribution in [-0.2, 0) is 10.0 Å². The zero-order valence-electron chi connectivity index (χ0n) is 13.7. The van der Waals surface area contributed by atoms with Crippen molar-refractivity contribution >= 4 is 10.0 Å². The molecule has 0 aliphatic rings. The Labute approximate surface area is 132 Å². The fourth-order valence-corrected chi connectivity index (χ4v) is 3.41. The minimum atomic E-state index is -3.49. The van der Waals surface area contributed by atoms with Gasteiger partial charge in [0.25, 0.3) is 0 Å². The lowest BCUT2D eigenvalue weighted by atomic mass is 10.2. The number of aromatic nitrogens is 2. The first kappa shape index (κ1) is 16.7. The third-order valence-corrected chi connectivity index (χ3v) is 5.44. The van der Waals surface area contributed by atoms with E-state index in [-0.39, 0.29) is 10.9 Å². The molecule has 22 heavy (non-hydrogen) atoms. The second-order valence-electron chi connectivity index (χ2n) is 5.75. The van der Waals surface area contributed by atoms with E-state index in [0.717, 1.165) is 22.5 Å². The Morgan fingerprint density at radius 1 is 1.14 bits per heavy atom. The minimum Gasteiger partial charge on any atom is -0.265 e. The van der Waals surface area contributed by atoms with Gasteiger partial charge in [0.15, 0.2) is 0 Å². The van der Waals surface area contributed by atoms with Crippen molar-refractivity contribution in [3.05, 3.63) is 46.8 Å². The summed E-state index contributed by atoms with van der Waals surface area (Å²) in [6, 6.07) is 6.78. The molecule has 1 aromatic heterocycles. The van der Waals surface area contributed by atoms with Crippen molar-refractivity contribution in [1.29, 1.82) is 0 Å². The molecule has 2 rings (SSSR count). The van der Waals surface area contributed by atoms with Crippen LogP contribution in [0, 0.1) is 27.7 Å². The van der Waals surface area contributed by atoms with E-state index in [1.54, 1.807) is 24.3 Å². The van der Waals surface area contributed by atoms with E-state index in [0.29, 0.717) is 6.54 Å². The van der Waals surface area contributed by atoms with Crippen LogP contribution >= 0.6 is 0 Å². The SMILES string of the molecule is Cc1ccc(S(=O)(=O)NCC(C)n2nc(C)c(C)c2C)cc1. The number of nitrogens with zero attached hydrogens (tertiary/aromatic N) is 2. The van der Waals surface area contributed by atoms with Crippen molar-refractivity contribution < 1.29 is 8.42 Å². The third-order valence-electron chi connectivity index (χ3n) is 4.00. The van der Waals surface area contributed by atoms with Crippen LogP contribution in [0.4, 0.5) is 0 Å². The second-order valence-corrected chi connectivity index (χ2v) is 7.52. The molecule has 0 aliphatic heterocycles. The maximum atomic E-state index is 12.3. The summed E-state index contributed by atoms with van der Waals surface area (Å²) in [4.78, 5) is 0.287. The van der Waals surface area contributed by atoms with E-state index < -0.39 is 10.0 Å². The average molecular weight is 321 g/mol. The zero-order chi connectivity index (χ0) is 16.5. The van der Waals surface area contributed by atoms with Gasteiger partial charge in [0, 0.05) is 12.2 Å². The van der Waals surface area contributed by atoms with Crippen LogP contribution < -0.4 is 4.72 Å². The first-order valence-electron chi connectivity index (χ1n) is 7.31. The molecular formula is C16H23N3O2S. The van der Waals surface area contributed by atoms with Gasteiger partial charge >= 0.3 is 0 Å². The van der Waals surface area contributed by atoms with Gasteiger partial charge in [-0.25, -0.2) is 13.1 Å². The van der Waals surface area contributed by atoms with E-state index in [9.17, 15) is 8.42 Å². The minimum absolute atomic E-state index is 0.0485. The van der Waals surface area contributed by atoms with E-state index in [2.05, 4.69) is 9.82 Å². The van der Waals surface area contributed by atoms with Crippen molar-refractivity contribution in [1.82, 2.24) is 14.5 Å². The number of aryl methyl sites for hydroxylation is 2. The Kier molecular flexibility index (Phi) is 4.72. The summed E-state index contributed by atoms with van der Waals surface area (Å²) >= 11 is 0. The lowest BCUT2D eigenvalue weighted by molar-refractivity contribution is 0.467. The fraction of sp³-hybridized carbons (Fsp3) is 0.438. The van der Waals surface area contributed by atoms with Gasteiger partial charge in [0.1, 0.15) is 0 Å². The molecule has 120 valence electrons. The predicted molar refractivity (Wildman–Crippen MR) is 87.5 cm³/mol. The molecule has 1 N–H and O–H groups in total. The smallest absolute Gasteiger partial charge is 0.240 e. The molecule has 0 radical (unpaired) electrons. The van der Waals surface area contributed by atoms with E-state index in [1.165, 1.54) is 0 Å². The van der Waals surface area contributed by atoms with Gasteiger partial charge in [-0.3, -0.25) is 4.68 Å². The topological polar surface area (TPSA) is 64.0 Å². The number of benzene rings is 1. The van der Waals surface area contributed by atoms with Gasteiger partial charge in [-0.2, -0.15) is 5.10 Å². The van der Waals surface area contributed by atoms with Crippen molar-refractivity contribution in [3.63, 3.8) is 0 Å². The van der Waals surface area contributed by atoms with Crippen molar-refractivity contribution in [2.45, 2.75) is 45.6 Å². The quantitative estimate of drug-likeness (QED) is 0.921. The van der Waals surface area contributed by atoms with Crippen LogP contribution in [0.1, 0.15) is 35.5 Å². The highest BCUT2D eigenvalue weighted by Gasteiger charge is 2.18. The molecule has 6 heteroatoms. The number of nitrogens with one attached hydrogen (secondary N) is 1. The summed E-state index contributed by atoms with van der Waals surface area (Å²) in [5, 5.41) is 4.48. The van der Waals surface area contributed by atoms with E-state index in [4.69, 9.17) is 0 Å². The second kappa shape index (κ2) is 6.22. The highest BCUT2D eigenvalue weighted by Crippen LogP contribution is 2.16. The van der Waals surface area contributed by atoms with Gasteiger partial charge in [-0.1, -0.05) is 17.7 Å². The Bertz CT molecular complexity index is 761. The highest BCUT2D eigenvalue weighted by molar-refractivity contribution is 7.89. The van der Waals surface area contributed by atoms with Crippen molar-refractivity contribution in [3.8, 4) is 0 Å². The predicted octanol–water partition coefficient (Wildman–Crippen LogP) is 2.66. The van der Waals surface area contributed by atoms with Crippen LogP contribution in [0.2, 0.25) is 0 Å². The van der Waals surface area contributed by atoms with E-state index in [1.807, 2.05) is 39.3 Å². The lowest BCUT2D eigenvalue weighted by Crippen LogP contribution is -2.30. The van der Waals surface area contributed by atoms with Gasteiger partial charge in [-0.15, -0.1) is 0 Å². The number of hydrogen-bond donors (Lipinski definition) is 1. The molecule has 0 amide bonds. The first-order chi connectivity index (χ1) is 10.2. The van der Waals surface area contributed by atoms with Gasteiger partial charge in [-0.05, 0) is 52.3 Å². The molecule has 0 fully saturated rings. The maximum Gasteiger partial charge on any atom is 0.240 e. The van der Waals surface area contributed by atoms with Crippen LogP contribution in [-0.4, -0.2) is 24.7 Å². The van der Waals surface area contributed by atoms with Gasteiger partial charge in [0.05, 0.1) is 16.6 Å². The van der Waals surface area contributed by atoms with Crippen LogP contribution in [0.5, 0.6) is 0 Å². The van der Waals surface area contributed by atoms with Crippen LogP contribution in [0.25, 0.3) is 0 Å². The highest BCUT2D eigenvalue weighted by atomic mass is 32.2. The number of hydrogen-bond acceptors (Lipinski definition) is 3. The Morgan fingerprint density at radius 2 is 1.73 bits per heavy atom. The standard InChI is InChI=1S/C16H23N3O2S/c1-11-6-8-16(9-7-11)22(20,21)17-10-12(2)19-15(5)13(3)14(4)18-19/h6-9,12,17H,10H2,1-5H3. The van der Waals surface area contributed by atoms with Crippen LogP contribution in [0.3, 0.4) is 0 Å². The molecular weight excluding hydrogens is 298 g/mol. The first-order valence-corrected chi connectivity index (χ1v) is 8.79. The average Bonchev–Trinajstić information content (AvgIpc) is 2.73. The monoisotopic (exact) mass is 321 g/mol. The van der Waals surface area contributed by atoms with Gasteiger partial charge < -0.3 is 0 Å². The van der Waals surface area contributed by atoms with Crippen LogP contribution in [0.15, 0.2) is 29.2 Å². The molecule has 0 saturated heterocycles. The molecule has 5 nitrogen and oxygen atoms in total. The molecule has 1 unspecified atom stereocenters. The summed E-state index contributed by atoms with van der Waals surface area (Å²) in [5.74, 6) is 0. The number of sulfonamides is 1. The normalized spacial score (nSPS) is 13.3. The molecule has 0 aliphatic carbocycles. The van der Waals surface area contributed by atoms with Crippen molar-refractivity contribution in [2.75, 3.05) is 6.54 Å².